The number of hydrogen-bond donors (Lipinski definition) is 1. The lowest BCUT2D eigenvalue weighted by atomic mass is 10.0. The Labute approximate surface area is 130 Å². The number of carbonyl (C=O) groups is 1. The molecule has 0 aromatic heterocycles. The van der Waals surface area contributed by atoms with Crippen molar-refractivity contribution >= 4 is 12.1 Å². The minimum Gasteiger partial charge on any atom is -0.496 e. The Kier molecular flexibility index (Phi) is 4.94. The number of hydrazone groups is 1. The van der Waals surface area contributed by atoms with E-state index in [1.54, 1.807) is 25.5 Å². The molecule has 4 heteroatoms. The second-order valence-corrected chi connectivity index (χ2v) is 5.17. The summed E-state index contributed by atoms with van der Waals surface area (Å²) in [7, 11) is 1.65. The van der Waals surface area contributed by atoms with E-state index in [1.807, 2.05) is 45.0 Å². The Morgan fingerprint density at radius 3 is 2.36 bits per heavy atom. The van der Waals surface area contributed by atoms with Gasteiger partial charge in [0.05, 0.1) is 13.3 Å². The van der Waals surface area contributed by atoms with Crippen molar-refractivity contribution in [3.63, 3.8) is 0 Å². The molecule has 0 saturated heterocycles. The number of amides is 1. The maximum Gasteiger partial charge on any atom is 0.271 e. The molecule has 0 fully saturated rings. The van der Waals surface area contributed by atoms with Gasteiger partial charge in [0.25, 0.3) is 5.91 Å². The molecule has 0 atom stereocenters. The lowest BCUT2D eigenvalue weighted by molar-refractivity contribution is 0.0955. The number of hydrogen-bond acceptors (Lipinski definition) is 3. The number of rotatable bonds is 4. The van der Waals surface area contributed by atoms with Gasteiger partial charge in [0.15, 0.2) is 0 Å². The normalized spacial score (nSPS) is 10.7. The van der Waals surface area contributed by atoms with E-state index in [1.165, 1.54) is 0 Å². The van der Waals surface area contributed by atoms with Crippen molar-refractivity contribution in [3.8, 4) is 5.75 Å². The van der Waals surface area contributed by atoms with Gasteiger partial charge < -0.3 is 4.74 Å². The number of nitrogens with zero attached hydrogens (tertiary/aromatic N) is 1. The minimum atomic E-state index is -0.223. The van der Waals surface area contributed by atoms with Crippen molar-refractivity contribution in [1.82, 2.24) is 5.43 Å². The maximum atomic E-state index is 12.0. The molecule has 22 heavy (non-hydrogen) atoms. The van der Waals surface area contributed by atoms with Crippen LogP contribution in [-0.2, 0) is 0 Å². The fraction of sp³-hybridized carbons (Fsp3) is 0.222. The summed E-state index contributed by atoms with van der Waals surface area (Å²) in [6, 6.07) is 11.2. The SMILES string of the molecule is COc1ccc(C=NNC(=O)c2ccc(C)cc2)c(C)c1C. The highest BCUT2D eigenvalue weighted by molar-refractivity contribution is 5.95. The molecule has 2 aromatic rings. The van der Waals surface area contributed by atoms with Crippen LogP contribution in [0.3, 0.4) is 0 Å². The van der Waals surface area contributed by atoms with Gasteiger partial charge in [-0.05, 0) is 61.7 Å². The third-order valence-corrected chi connectivity index (χ3v) is 3.68. The summed E-state index contributed by atoms with van der Waals surface area (Å²) in [6.07, 6.45) is 1.65. The number of aryl methyl sites for hydroxylation is 1. The van der Waals surface area contributed by atoms with Gasteiger partial charge in [0.1, 0.15) is 5.75 Å². The Hall–Kier alpha value is -2.62. The Morgan fingerprint density at radius 2 is 1.73 bits per heavy atom. The van der Waals surface area contributed by atoms with Gasteiger partial charge in [-0.1, -0.05) is 17.7 Å². The van der Waals surface area contributed by atoms with Gasteiger partial charge in [0.2, 0.25) is 0 Å². The van der Waals surface area contributed by atoms with Gasteiger partial charge in [-0.25, -0.2) is 5.43 Å². The molecule has 0 bridgehead atoms. The molecule has 1 N–H and O–H groups in total. The van der Waals surface area contributed by atoms with Gasteiger partial charge >= 0.3 is 0 Å². The second kappa shape index (κ2) is 6.89. The van der Waals surface area contributed by atoms with E-state index < -0.39 is 0 Å². The van der Waals surface area contributed by atoms with Crippen molar-refractivity contribution in [2.75, 3.05) is 7.11 Å². The van der Waals surface area contributed by atoms with Crippen molar-refractivity contribution in [2.45, 2.75) is 20.8 Å². The average Bonchev–Trinajstić information content (AvgIpc) is 2.52. The largest absolute Gasteiger partial charge is 0.496 e. The molecule has 114 valence electrons. The van der Waals surface area contributed by atoms with Crippen LogP contribution in [0.25, 0.3) is 0 Å². The van der Waals surface area contributed by atoms with Crippen LogP contribution in [0.15, 0.2) is 41.5 Å². The molecular formula is C18H20N2O2. The summed E-state index contributed by atoms with van der Waals surface area (Å²) in [5, 5.41) is 4.03. The summed E-state index contributed by atoms with van der Waals surface area (Å²) in [4.78, 5) is 12.0. The lowest BCUT2D eigenvalue weighted by Gasteiger charge is -2.09. The molecule has 0 heterocycles. The molecule has 0 aliphatic rings. The smallest absolute Gasteiger partial charge is 0.271 e. The molecule has 2 aromatic carbocycles. The molecule has 1 amide bonds. The van der Waals surface area contributed by atoms with Gasteiger partial charge in [0, 0.05) is 5.56 Å². The average molecular weight is 296 g/mol. The van der Waals surface area contributed by atoms with Crippen LogP contribution in [0.5, 0.6) is 5.75 Å². The van der Waals surface area contributed by atoms with Gasteiger partial charge in [-0.15, -0.1) is 0 Å². The van der Waals surface area contributed by atoms with E-state index in [4.69, 9.17) is 4.74 Å². The van der Waals surface area contributed by atoms with Crippen molar-refractivity contribution in [1.29, 1.82) is 0 Å². The second-order valence-electron chi connectivity index (χ2n) is 5.17. The molecule has 0 radical (unpaired) electrons. The highest BCUT2D eigenvalue weighted by Crippen LogP contribution is 2.22. The van der Waals surface area contributed by atoms with E-state index in [2.05, 4.69) is 10.5 Å². The van der Waals surface area contributed by atoms with E-state index in [0.29, 0.717) is 5.56 Å². The first-order valence-corrected chi connectivity index (χ1v) is 7.07. The molecule has 4 nitrogen and oxygen atoms in total. The highest BCUT2D eigenvalue weighted by Gasteiger charge is 2.06. The van der Waals surface area contributed by atoms with E-state index in [-0.39, 0.29) is 5.91 Å². The summed E-state index contributed by atoms with van der Waals surface area (Å²) >= 11 is 0. The van der Waals surface area contributed by atoms with E-state index in [9.17, 15) is 4.79 Å². The van der Waals surface area contributed by atoms with Gasteiger partial charge in [-0.3, -0.25) is 4.79 Å². The summed E-state index contributed by atoms with van der Waals surface area (Å²) < 4.78 is 5.28. The zero-order chi connectivity index (χ0) is 16.1. The topological polar surface area (TPSA) is 50.7 Å². The number of ether oxygens (including phenoxy) is 1. The van der Waals surface area contributed by atoms with Crippen LogP contribution in [0.4, 0.5) is 0 Å². The third kappa shape index (κ3) is 3.52. The fourth-order valence-corrected chi connectivity index (χ4v) is 2.11. The number of methoxy groups -OCH3 is 1. The molecule has 0 aliphatic heterocycles. The maximum absolute atomic E-state index is 12.0. The van der Waals surface area contributed by atoms with Crippen molar-refractivity contribution in [3.05, 3.63) is 64.2 Å². The van der Waals surface area contributed by atoms with E-state index >= 15 is 0 Å². The summed E-state index contributed by atoms with van der Waals surface area (Å²) in [5.74, 6) is 0.623. The highest BCUT2D eigenvalue weighted by atomic mass is 16.5. The zero-order valence-corrected chi connectivity index (χ0v) is 13.3. The monoisotopic (exact) mass is 296 g/mol. The molecule has 2 rings (SSSR count). The zero-order valence-electron chi connectivity index (χ0n) is 13.3. The molecule has 0 aliphatic carbocycles. The molecular weight excluding hydrogens is 276 g/mol. The van der Waals surface area contributed by atoms with E-state index in [0.717, 1.165) is 28.0 Å². The van der Waals surface area contributed by atoms with Crippen LogP contribution in [0.1, 0.15) is 32.6 Å². The molecule has 0 unspecified atom stereocenters. The van der Waals surface area contributed by atoms with Crippen LogP contribution in [-0.4, -0.2) is 19.2 Å². The first-order valence-electron chi connectivity index (χ1n) is 7.07. The predicted molar refractivity (Wildman–Crippen MR) is 88.7 cm³/mol. The first kappa shape index (κ1) is 15.8. The number of nitrogens with one attached hydrogen (secondary N) is 1. The van der Waals surface area contributed by atoms with Crippen molar-refractivity contribution in [2.24, 2.45) is 5.10 Å². The quantitative estimate of drug-likeness (QED) is 0.694. The molecule has 0 saturated carbocycles. The first-order chi connectivity index (χ1) is 10.5. The predicted octanol–water partition coefficient (Wildman–Crippen LogP) is 3.38. The van der Waals surface area contributed by atoms with Gasteiger partial charge in [-0.2, -0.15) is 5.10 Å². The van der Waals surface area contributed by atoms with Crippen LogP contribution < -0.4 is 10.2 Å². The van der Waals surface area contributed by atoms with Crippen molar-refractivity contribution < 1.29 is 9.53 Å². The third-order valence-electron chi connectivity index (χ3n) is 3.68. The van der Waals surface area contributed by atoms with Crippen LogP contribution >= 0.6 is 0 Å². The Bertz CT molecular complexity index is 704. The lowest BCUT2D eigenvalue weighted by Crippen LogP contribution is -2.17. The standard InChI is InChI=1S/C18H20N2O2/c1-12-5-7-15(8-6-12)18(21)20-19-11-16-9-10-17(22-4)14(3)13(16)2/h5-11H,1-4H3,(H,20,21). The Balaban J connectivity index is 2.08. The summed E-state index contributed by atoms with van der Waals surface area (Å²) in [6.45, 7) is 5.98. The molecule has 0 spiro atoms. The fourth-order valence-electron chi connectivity index (χ4n) is 2.11. The summed E-state index contributed by atoms with van der Waals surface area (Å²) in [5.41, 5.74) is 7.33. The van der Waals surface area contributed by atoms with Crippen LogP contribution in [0, 0.1) is 20.8 Å². The number of carbonyl (C=O) groups excluding carboxylic acids is 1. The minimum absolute atomic E-state index is 0.223. The van der Waals surface area contributed by atoms with Crippen LogP contribution in [0.2, 0.25) is 0 Å². The Morgan fingerprint density at radius 1 is 1.05 bits per heavy atom. The number of benzene rings is 2.